The van der Waals surface area contributed by atoms with E-state index in [0.29, 0.717) is 24.6 Å². The largest absolute Gasteiger partial charge is 0.506 e. The summed E-state index contributed by atoms with van der Waals surface area (Å²) in [6, 6.07) is 5.59. The number of hydrogen-bond donors (Lipinski definition) is 3. The molecule has 0 atom stereocenters. The third kappa shape index (κ3) is 3.17. The van der Waals surface area contributed by atoms with Crippen LogP contribution in [0.2, 0.25) is 0 Å². The number of pyridine rings is 1. The minimum atomic E-state index is -0.450. The van der Waals surface area contributed by atoms with Gasteiger partial charge in [0.25, 0.3) is 0 Å². The molecular formula is C16H16ClN5O2. The summed E-state index contributed by atoms with van der Waals surface area (Å²) in [5.74, 6) is -0.113. The lowest BCUT2D eigenvalue weighted by Crippen LogP contribution is -2.11. The molecule has 2 aromatic rings. The van der Waals surface area contributed by atoms with E-state index in [9.17, 15) is 9.90 Å². The average Bonchev–Trinajstić information content (AvgIpc) is 2.91. The molecule has 0 saturated heterocycles. The van der Waals surface area contributed by atoms with Crippen LogP contribution in [0.15, 0.2) is 52.3 Å². The lowest BCUT2D eigenvalue weighted by Gasteiger charge is -2.08. The molecule has 0 amide bonds. The van der Waals surface area contributed by atoms with Crippen molar-refractivity contribution in [1.82, 2.24) is 9.61 Å². The topological polar surface area (TPSA) is 105 Å². The molecular weight excluding hydrogens is 330 g/mol. The smallest absolute Gasteiger partial charge is 0.201 e. The predicted molar refractivity (Wildman–Crippen MR) is 94.1 cm³/mol. The summed E-state index contributed by atoms with van der Waals surface area (Å²) in [6.45, 7) is 1.21. The minimum absolute atomic E-state index is 0.000616. The summed E-state index contributed by atoms with van der Waals surface area (Å²) in [5.41, 5.74) is 7.03. The Bertz CT molecular complexity index is 882. The van der Waals surface area contributed by atoms with Crippen molar-refractivity contribution < 1.29 is 9.90 Å². The van der Waals surface area contributed by atoms with Crippen molar-refractivity contribution in [3.8, 4) is 0 Å². The number of halogens is 1. The number of rotatable bonds is 5. The van der Waals surface area contributed by atoms with Crippen molar-refractivity contribution in [1.29, 1.82) is 0 Å². The Labute approximate surface area is 143 Å². The fourth-order valence-electron chi connectivity index (χ4n) is 2.27. The van der Waals surface area contributed by atoms with Gasteiger partial charge in [-0.05, 0) is 31.2 Å². The maximum Gasteiger partial charge on any atom is 0.201 e. The van der Waals surface area contributed by atoms with Gasteiger partial charge in [-0.2, -0.15) is 0 Å². The van der Waals surface area contributed by atoms with E-state index in [-0.39, 0.29) is 16.5 Å². The molecule has 8 heteroatoms. The zero-order chi connectivity index (χ0) is 17.1. The van der Waals surface area contributed by atoms with Gasteiger partial charge in [0.2, 0.25) is 5.78 Å². The van der Waals surface area contributed by atoms with Crippen LogP contribution in [0.5, 0.6) is 0 Å². The number of nitrogens with zero attached hydrogens (tertiary/aromatic N) is 3. The Balaban J connectivity index is 2.07. The first-order chi connectivity index (χ1) is 11.6. The second-order valence-corrected chi connectivity index (χ2v) is 5.59. The molecule has 7 nitrogen and oxygen atoms in total. The molecule has 0 aliphatic heterocycles. The Kier molecular flexibility index (Phi) is 4.64. The van der Waals surface area contributed by atoms with Crippen LogP contribution in [0.25, 0.3) is 5.52 Å². The minimum Gasteiger partial charge on any atom is -0.506 e. The normalized spacial score (nSPS) is 16.4. The summed E-state index contributed by atoms with van der Waals surface area (Å²) in [6.07, 6.45) is 4.98. The third-order valence-electron chi connectivity index (χ3n) is 3.45. The molecule has 0 unspecified atom stereocenters. The Morgan fingerprint density at radius 2 is 2.21 bits per heavy atom. The Hall–Kier alpha value is -2.64. The van der Waals surface area contributed by atoms with Gasteiger partial charge in [-0.15, -0.1) is 5.10 Å². The van der Waals surface area contributed by atoms with Crippen molar-refractivity contribution in [3.05, 3.63) is 47.3 Å². The molecule has 3 rings (SSSR count). The first kappa shape index (κ1) is 16.2. The van der Waals surface area contributed by atoms with Crippen molar-refractivity contribution in [3.63, 3.8) is 0 Å². The van der Waals surface area contributed by atoms with E-state index >= 15 is 0 Å². The highest BCUT2D eigenvalue weighted by Gasteiger charge is 2.19. The first-order valence-electron chi connectivity index (χ1n) is 7.42. The van der Waals surface area contributed by atoms with Gasteiger partial charge >= 0.3 is 0 Å². The van der Waals surface area contributed by atoms with E-state index in [4.69, 9.17) is 17.3 Å². The summed E-state index contributed by atoms with van der Waals surface area (Å²) in [4.78, 5) is 15.9. The number of fused-ring (bicyclic) bond motifs is 1. The van der Waals surface area contributed by atoms with Gasteiger partial charge in [-0.1, -0.05) is 17.7 Å². The number of allylic oxidation sites excluding steroid dienone is 3. The molecule has 0 spiro atoms. The second kappa shape index (κ2) is 6.86. The summed E-state index contributed by atoms with van der Waals surface area (Å²) >= 11 is 5.85. The van der Waals surface area contributed by atoms with E-state index in [0.717, 1.165) is 18.0 Å². The van der Waals surface area contributed by atoms with Crippen LogP contribution in [0.1, 0.15) is 6.42 Å². The van der Waals surface area contributed by atoms with Crippen molar-refractivity contribution in [2.24, 2.45) is 10.7 Å². The molecule has 0 bridgehead atoms. The highest BCUT2D eigenvalue weighted by molar-refractivity contribution is 6.47. The lowest BCUT2D eigenvalue weighted by molar-refractivity contribution is -0.110. The molecule has 0 saturated carbocycles. The molecule has 24 heavy (non-hydrogen) atoms. The number of hydrogen-bond acceptors (Lipinski definition) is 6. The number of aliphatic hydroxyl groups excluding tert-OH is 1. The van der Waals surface area contributed by atoms with Crippen molar-refractivity contribution in [2.75, 3.05) is 18.4 Å². The van der Waals surface area contributed by atoms with Gasteiger partial charge in [0.15, 0.2) is 5.82 Å². The maximum absolute atomic E-state index is 11.5. The molecule has 1 aliphatic rings. The van der Waals surface area contributed by atoms with Gasteiger partial charge in [0.1, 0.15) is 17.2 Å². The predicted octanol–water partition coefficient (Wildman–Crippen LogP) is 2.31. The van der Waals surface area contributed by atoms with E-state index in [2.05, 4.69) is 15.4 Å². The molecule has 2 heterocycles. The van der Waals surface area contributed by atoms with Crippen LogP contribution in [-0.2, 0) is 4.79 Å². The first-order valence-corrected chi connectivity index (χ1v) is 7.80. The van der Waals surface area contributed by atoms with Gasteiger partial charge in [-0.25, -0.2) is 9.51 Å². The van der Waals surface area contributed by atoms with Crippen LogP contribution in [-0.4, -0.2) is 39.3 Å². The van der Waals surface area contributed by atoms with E-state index in [1.54, 1.807) is 10.7 Å². The monoisotopic (exact) mass is 345 g/mol. The van der Waals surface area contributed by atoms with Crippen LogP contribution >= 0.6 is 11.6 Å². The SMILES string of the molecule is NCCCNc1nn2ccccc2c1/N=C1\C=C(Cl)C(=O)C=C1O. The highest BCUT2D eigenvalue weighted by Crippen LogP contribution is 2.31. The van der Waals surface area contributed by atoms with Gasteiger partial charge in [0.05, 0.1) is 10.5 Å². The number of nitrogens with two attached hydrogens (primary N) is 1. The van der Waals surface area contributed by atoms with Gasteiger partial charge in [-0.3, -0.25) is 4.79 Å². The molecule has 4 N–H and O–H groups in total. The highest BCUT2D eigenvalue weighted by atomic mass is 35.5. The molecule has 124 valence electrons. The number of aromatic nitrogens is 2. The molecule has 1 aliphatic carbocycles. The fourth-order valence-corrected chi connectivity index (χ4v) is 2.42. The van der Waals surface area contributed by atoms with Gasteiger partial charge in [0, 0.05) is 18.8 Å². The van der Waals surface area contributed by atoms with Crippen molar-refractivity contribution in [2.45, 2.75) is 6.42 Å². The number of carbonyl (C=O) groups excluding carboxylic acids is 1. The Morgan fingerprint density at radius 3 is 3.00 bits per heavy atom. The zero-order valence-electron chi connectivity index (χ0n) is 12.7. The quantitative estimate of drug-likeness (QED) is 0.569. The standard InChI is InChI=1S/C16H16ClN5O2/c17-10-8-11(14(24)9-13(10)23)20-15-12-4-1-2-7-22(12)21-16(15)19-6-3-5-18/h1-2,4,7-9,24H,3,5-6,18H2,(H,19,21)/b20-11+. The number of anilines is 1. The summed E-state index contributed by atoms with van der Waals surface area (Å²) in [7, 11) is 0. The zero-order valence-corrected chi connectivity index (χ0v) is 13.5. The van der Waals surface area contributed by atoms with Gasteiger partial charge < -0.3 is 16.2 Å². The molecule has 0 aromatic carbocycles. The molecule has 0 fully saturated rings. The molecule has 2 aromatic heterocycles. The summed E-state index contributed by atoms with van der Waals surface area (Å²) < 4.78 is 1.68. The van der Waals surface area contributed by atoms with Crippen LogP contribution in [0.4, 0.5) is 11.5 Å². The van der Waals surface area contributed by atoms with E-state index in [1.807, 2.05) is 18.2 Å². The number of nitrogens with one attached hydrogen (secondary N) is 1. The third-order valence-corrected chi connectivity index (χ3v) is 3.74. The van der Waals surface area contributed by atoms with E-state index < -0.39 is 5.78 Å². The number of aliphatic imine (C=N–C) groups is 1. The molecule has 0 radical (unpaired) electrons. The van der Waals surface area contributed by atoms with Crippen LogP contribution in [0.3, 0.4) is 0 Å². The second-order valence-electron chi connectivity index (χ2n) is 5.18. The average molecular weight is 346 g/mol. The lowest BCUT2D eigenvalue weighted by atomic mass is 10.1. The number of carbonyl (C=O) groups is 1. The van der Waals surface area contributed by atoms with Crippen LogP contribution < -0.4 is 11.1 Å². The number of aliphatic hydroxyl groups is 1. The maximum atomic E-state index is 11.5. The summed E-state index contributed by atoms with van der Waals surface area (Å²) in [5, 5.41) is 17.6. The van der Waals surface area contributed by atoms with Crippen molar-refractivity contribution >= 4 is 40.1 Å². The van der Waals surface area contributed by atoms with E-state index in [1.165, 1.54) is 6.08 Å². The van der Waals surface area contributed by atoms with Crippen LogP contribution in [0, 0.1) is 0 Å². The number of ketones is 1. The fraction of sp³-hybridized carbons (Fsp3) is 0.188. The Morgan fingerprint density at radius 1 is 1.38 bits per heavy atom.